The van der Waals surface area contributed by atoms with Crippen LogP contribution in [0.2, 0.25) is 0 Å². The van der Waals surface area contributed by atoms with Gasteiger partial charge in [0.05, 0.1) is 19.3 Å². The van der Waals surface area contributed by atoms with Crippen LogP contribution in [0.1, 0.15) is 110 Å². The van der Waals surface area contributed by atoms with Crippen LogP contribution in [0, 0.1) is 5.92 Å². The van der Waals surface area contributed by atoms with Crippen LogP contribution in [-0.2, 0) is 19.0 Å². The third-order valence-electron chi connectivity index (χ3n) is 6.26. The van der Waals surface area contributed by atoms with Crippen LogP contribution in [0.4, 0.5) is 0 Å². The van der Waals surface area contributed by atoms with Gasteiger partial charge in [-0.3, -0.25) is 4.79 Å². The molecule has 0 radical (unpaired) electrons. The van der Waals surface area contributed by atoms with Crippen molar-refractivity contribution in [2.75, 3.05) is 7.11 Å². The first-order chi connectivity index (χ1) is 13.1. The third-order valence-corrected chi connectivity index (χ3v) is 6.26. The first-order valence-electron chi connectivity index (χ1n) is 11.5. The van der Waals surface area contributed by atoms with E-state index < -0.39 is 5.79 Å². The minimum absolute atomic E-state index is 0.111. The van der Waals surface area contributed by atoms with E-state index in [1.807, 2.05) is 0 Å². The van der Waals surface area contributed by atoms with E-state index in [4.69, 9.17) is 14.2 Å². The topological polar surface area (TPSA) is 44.8 Å². The fraction of sp³-hybridized carbons (Fsp3) is 0.957. The van der Waals surface area contributed by atoms with Gasteiger partial charge in [0.15, 0.2) is 5.79 Å². The number of carbonyl (C=O) groups excluding carboxylic acids is 1. The lowest BCUT2D eigenvalue weighted by Crippen LogP contribution is -2.47. The zero-order valence-electron chi connectivity index (χ0n) is 18.0. The second-order valence-electron chi connectivity index (χ2n) is 8.71. The van der Waals surface area contributed by atoms with Crippen LogP contribution in [0.25, 0.3) is 0 Å². The highest BCUT2D eigenvalue weighted by Crippen LogP contribution is 2.46. The molecule has 2 fully saturated rings. The number of hydrogen-bond acceptors (Lipinski definition) is 4. The maximum Gasteiger partial charge on any atom is 0.305 e. The van der Waals surface area contributed by atoms with Crippen LogP contribution >= 0.6 is 0 Å². The van der Waals surface area contributed by atoms with Gasteiger partial charge in [0, 0.05) is 25.7 Å². The molecule has 0 aromatic carbocycles. The molecule has 0 aromatic heterocycles. The van der Waals surface area contributed by atoms with Gasteiger partial charge in [-0.05, 0) is 25.2 Å². The predicted molar refractivity (Wildman–Crippen MR) is 109 cm³/mol. The Bertz CT molecular complexity index is 403. The molecule has 3 atom stereocenters. The molecule has 4 heteroatoms. The quantitative estimate of drug-likeness (QED) is 0.299. The minimum Gasteiger partial charge on any atom is -0.469 e. The normalized spacial score (nSPS) is 30.7. The molecular formula is C23H42O4. The summed E-state index contributed by atoms with van der Waals surface area (Å²) in [4.78, 5) is 11.7. The van der Waals surface area contributed by atoms with E-state index in [0.29, 0.717) is 24.5 Å². The first kappa shape index (κ1) is 22.7. The van der Waals surface area contributed by atoms with Crippen LogP contribution < -0.4 is 0 Å². The lowest BCUT2D eigenvalue weighted by Gasteiger charge is -2.43. The maximum absolute atomic E-state index is 11.7. The van der Waals surface area contributed by atoms with Gasteiger partial charge in [-0.25, -0.2) is 0 Å². The van der Waals surface area contributed by atoms with Crippen molar-refractivity contribution in [3.63, 3.8) is 0 Å². The first-order valence-corrected chi connectivity index (χ1v) is 11.5. The number of hydrogen-bond donors (Lipinski definition) is 0. The minimum atomic E-state index is -0.443. The maximum atomic E-state index is 11.7. The SMILES string of the molecule is CCCCCCC1CC(CCCCCC)OC2(CCC(CC(=O)OC)C2)O1. The molecule has 3 unspecified atom stereocenters. The van der Waals surface area contributed by atoms with Gasteiger partial charge in [-0.2, -0.15) is 0 Å². The van der Waals surface area contributed by atoms with Crippen molar-refractivity contribution < 1.29 is 19.0 Å². The van der Waals surface area contributed by atoms with Crippen LogP contribution in [-0.4, -0.2) is 31.1 Å². The average molecular weight is 383 g/mol. The molecular weight excluding hydrogens is 340 g/mol. The molecule has 2 rings (SSSR count). The molecule has 0 bridgehead atoms. The standard InChI is InChI=1S/C23H42O4/c1-4-6-8-10-12-20-17-21(13-11-9-7-5-2)27-23(26-20)15-14-19(18-23)16-22(24)25-3/h19-21H,4-18H2,1-3H3. The van der Waals surface area contributed by atoms with Gasteiger partial charge in [0.25, 0.3) is 0 Å². The highest BCUT2D eigenvalue weighted by atomic mass is 16.7. The van der Waals surface area contributed by atoms with Crippen molar-refractivity contribution in [1.82, 2.24) is 0 Å². The van der Waals surface area contributed by atoms with Crippen LogP contribution in [0.15, 0.2) is 0 Å². The molecule has 0 aromatic rings. The summed E-state index contributed by atoms with van der Waals surface area (Å²) in [5.41, 5.74) is 0. The van der Waals surface area contributed by atoms with Gasteiger partial charge in [-0.15, -0.1) is 0 Å². The summed E-state index contributed by atoms with van der Waals surface area (Å²) in [5.74, 6) is -0.223. The summed E-state index contributed by atoms with van der Waals surface area (Å²) in [6.45, 7) is 4.51. The third kappa shape index (κ3) is 7.73. The highest BCUT2D eigenvalue weighted by molar-refractivity contribution is 5.69. The molecule has 2 aliphatic rings. The zero-order valence-corrected chi connectivity index (χ0v) is 18.0. The van der Waals surface area contributed by atoms with Crippen LogP contribution in [0.5, 0.6) is 0 Å². The van der Waals surface area contributed by atoms with Crippen LogP contribution in [0.3, 0.4) is 0 Å². The van der Waals surface area contributed by atoms with Crippen molar-refractivity contribution in [3.05, 3.63) is 0 Å². The molecule has 1 saturated carbocycles. The van der Waals surface area contributed by atoms with Gasteiger partial charge in [0.2, 0.25) is 0 Å². The fourth-order valence-electron chi connectivity index (χ4n) is 4.75. The second-order valence-corrected chi connectivity index (χ2v) is 8.71. The van der Waals surface area contributed by atoms with E-state index in [1.165, 1.54) is 58.5 Å². The molecule has 1 saturated heterocycles. The number of rotatable bonds is 12. The van der Waals surface area contributed by atoms with Gasteiger partial charge in [0.1, 0.15) is 0 Å². The lowest BCUT2D eigenvalue weighted by molar-refractivity contribution is -0.317. The van der Waals surface area contributed by atoms with Crippen molar-refractivity contribution in [2.24, 2.45) is 5.92 Å². The Morgan fingerprint density at radius 3 is 2.07 bits per heavy atom. The Balaban J connectivity index is 1.90. The number of esters is 1. The van der Waals surface area contributed by atoms with Crippen molar-refractivity contribution >= 4 is 5.97 Å². The molecule has 1 aliphatic heterocycles. The van der Waals surface area contributed by atoms with Crippen molar-refractivity contribution in [2.45, 2.75) is 128 Å². The molecule has 158 valence electrons. The number of carbonyl (C=O) groups is 1. The number of methoxy groups -OCH3 is 1. The number of unbranched alkanes of at least 4 members (excludes halogenated alkanes) is 6. The predicted octanol–water partition coefficient (Wildman–Crippen LogP) is 6.16. The van der Waals surface area contributed by atoms with Crippen molar-refractivity contribution in [1.29, 1.82) is 0 Å². The smallest absolute Gasteiger partial charge is 0.305 e. The van der Waals surface area contributed by atoms with Crippen molar-refractivity contribution in [3.8, 4) is 0 Å². The summed E-state index contributed by atoms with van der Waals surface area (Å²) in [7, 11) is 1.47. The van der Waals surface area contributed by atoms with Gasteiger partial charge in [-0.1, -0.05) is 65.2 Å². The van der Waals surface area contributed by atoms with Gasteiger partial charge < -0.3 is 14.2 Å². The Hall–Kier alpha value is -0.610. The molecule has 1 spiro atoms. The number of ether oxygens (including phenoxy) is 3. The summed E-state index contributed by atoms with van der Waals surface area (Å²) in [5, 5.41) is 0. The van der Waals surface area contributed by atoms with E-state index in [9.17, 15) is 4.79 Å². The second kappa shape index (κ2) is 12.1. The Morgan fingerprint density at radius 2 is 1.56 bits per heavy atom. The Kier molecular flexibility index (Phi) is 10.1. The lowest BCUT2D eigenvalue weighted by atomic mass is 9.97. The summed E-state index contributed by atoms with van der Waals surface area (Å²) >= 11 is 0. The molecule has 27 heavy (non-hydrogen) atoms. The Labute approximate surface area is 166 Å². The summed E-state index contributed by atoms with van der Waals surface area (Å²) in [6, 6.07) is 0. The zero-order chi connectivity index (χ0) is 19.5. The molecule has 1 heterocycles. The van der Waals surface area contributed by atoms with E-state index in [0.717, 1.165) is 38.5 Å². The van der Waals surface area contributed by atoms with E-state index >= 15 is 0 Å². The molecule has 0 N–H and O–H groups in total. The average Bonchev–Trinajstić information content (AvgIpc) is 3.03. The van der Waals surface area contributed by atoms with E-state index in [1.54, 1.807) is 0 Å². The largest absolute Gasteiger partial charge is 0.469 e. The molecule has 1 aliphatic carbocycles. The summed E-state index contributed by atoms with van der Waals surface area (Å²) < 4.78 is 17.9. The van der Waals surface area contributed by atoms with Gasteiger partial charge >= 0.3 is 5.97 Å². The summed E-state index contributed by atoms with van der Waals surface area (Å²) in [6.07, 6.45) is 17.5. The monoisotopic (exact) mass is 382 g/mol. The molecule has 4 nitrogen and oxygen atoms in total. The Morgan fingerprint density at radius 1 is 0.963 bits per heavy atom. The van der Waals surface area contributed by atoms with E-state index in [2.05, 4.69) is 13.8 Å². The fourth-order valence-corrected chi connectivity index (χ4v) is 4.75. The molecule has 0 amide bonds. The van der Waals surface area contributed by atoms with E-state index in [-0.39, 0.29) is 5.97 Å². The highest BCUT2D eigenvalue weighted by Gasteiger charge is 2.47.